The van der Waals surface area contributed by atoms with Gasteiger partial charge in [0.1, 0.15) is 6.04 Å². The summed E-state index contributed by atoms with van der Waals surface area (Å²) in [4.78, 5) is 23.7. The Labute approximate surface area is 122 Å². The van der Waals surface area contributed by atoms with Crippen LogP contribution in [0.25, 0.3) is 0 Å². The third kappa shape index (κ3) is 4.18. The molecule has 0 aliphatic carbocycles. The molecule has 2 amide bonds. The van der Waals surface area contributed by atoms with Gasteiger partial charge in [0.25, 0.3) is 0 Å². The molecule has 0 aromatic heterocycles. The van der Waals surface area contributed by atoms with Crippen LogP contribution in [0.5, 0.6) is 5.75 Å². The van der Waals surface area contributed by atoms with Crippen LogP contribution in [0.1, 0.15) is 24.8 Å². The molecule has 1 atom stereocenters. The minimum atomic E-state index is -0.505. The summed E-state index contributed by atoms with van der Waals surface area (Å²) >= 11 is 0. The van der Waals surface area contributed by atoms with Gasteiger partial charge in [0.2, 0.25) is 11.8 Å². The number of amides is 2. The van der Waals surface area contributed by atoms with Crippen molar-refractivity contribution < 1.29 is 18.7 Å². The van der Waals surface area contributed by atoms with Gasteiger partial charge in [-0.15, -0.1) is 0 Å². The molecule has 1 aromatic rings. The van der Waals surface area contributed by atoms with E-state index >= 15 is 0 Å². The summed E-state index contributed by atoms with van der Waals surface area (Å²) in [7, 11) is 1.38. The van der Waals surface area contributed by atoms with Crippen LogP contribution in [0.2, 0.25) is 0 Å². The summed E-state index contributed by atoms with van der Waals surface area (Å²) in [5, 5.41) is 5.46. The Balaban J connectivity index is 1.94. The highest BCUT2D eigenvalue weighted by Crippen LogP contribution is 2.18. The Morgan fingerprint density at radius 2 is 2.29 bits per heavy atom. The molecular formula is C15H19FN2O3. The van der Waals surface area contributed by atoms with Crippen molar-refractivity contribution in [3.63, 3.8) is 0 Å². The van der Waals surface area contributed by atoms with Crippen molar-refractivity contribution in [2.75, 3.05) is 13.7 Å². The van der Waals surface area contributed by atoms with E-state index < -0.39 is 11.9 Å². The molecule has 1 aliphatic rings. The van der Waals surface area contributed by atoms with E-state index in [-0.39, 0.29) is 24.0 Å². The molecule has 2 rings (SSSR count). The van der Waals surface area contributed by atoms with Gasteiger partial charge >= 0.3 is 0 Å². The van der Waals surface area contributed by atoms with Crippen LogP contribution in [0.15, 0.2) is 18.2 Å². The Morgan fingerprint density at radius 3 is 3.00 bits per heavy atom. The molecule has 1 fully saturated rings. The first kappa shape index (κ1) is 15.3. The van der Waals surface area contributed by atoms with E-state index in [1.54, 1.807) is 6.07 Å². The molecule has 0 saturated carbocycles. The lowest BCUT2D eigenvalue weighted by molar-refractivity contribution is -0.128. The fraction of sp³-hybridized carbons (Fsp3) is 0.467. The maximum atomic E-state index is 13.6. The second kappa shape index (κ2) is 7.06. The largest absolute Gasteiger partial charge is 0.494 e. The maximum Gasteiger partial charge on any atom is 0.242 e. The highest BCUT2D eigenvalue weighted by Gasteiger charge is 2.22. The van der Waals surface area contributed by atoms with Gasteiger partial charge < -0.3 is 15.4 Å². The molecule has 2 N–H and O–H groups in total. The number of benzene rings is 1. The molecule has 0 bridgehead atoms. The zero-order valence-electron chi connectivity index (χ0n) is 11.9. The molecule has 1 heterocycles. The summed E-state index contributed by atoms with van der Waals surface area (Å²) in [6.07, 6.45) is 2.47. The van der Waals surface area contributed by atoms with Crippen LogP contribution in [-0.2, 0) is 16.0 Å². The number of nitrogens with one attached hydrogen (secondary N) is 2. The van der Waals surface area contributed by atoms with Gasteiger partial charge in [-0.25, -0.2) is 4.39 Å². The van der Waals surface area contributed by atoms with Gasteiger partial charge in [-0.1, -0.05) is 6.07 Å². The number of rotatable bonds is 4. The van der Waals surface area contributed by atoms with Crippen LogP contribution in [0.3, 0.4) is 0 Å². The van der Waals surface area contributed by atoms with Crippen molar-refractivity contribution in [3.8, 4) is 5.75 Å². The lowest BCUT2D eigenvalue weighted by atomic mass is 10.1. The third-order valence-electron chi connectivity index (χ3n) is 3.45. The summed E-state index contributed by atoms with van der Waals surface area (Å²) < 4.78 is 18.4. The van der Waals surface area contributed by atoms with Gasteiger partial charge in [-0.3, -0.25) is 9.59 Å². The summed E-state index contributed by atoms with van der Waals surface area (Å²) in [5.74, 6) is -0.805. The first-order valence-electron chi connectivity index (χ1n) is 6.99. The van der Waals surface area contributed by atoms with Crippen molar-refractivity contribution in [2.24, 2.45) is 0 Å². The molecule has 5 nitrogen and oxygen atoms in total. The molecule has 114 valence electrons. The molecule has 1 saturated heterocycles. The quantitative estimate of drug-likeness (QED) is 0.875. The minimum absolute atomic E-state index is 0.0324. The molecule has 21 heavy (non-hydrogen) atoms. The fourth-order valence-electron chi connectivity index (χ4n) is 2.33. The predicted octanol–water partition coefficient (Wildman–Crippen LogP) is 1.16. The number of carbonyl (C=O) groups excluding carboxylic acids is 2. The van der Waals surface area contributed by atoms with E-state index in [1.165, 1.54) is 19.2 Å². The van der Waals surface area contributed by atoms with Crippen molar-refractivity contribution in [3.05, 3.63) is 29.6 Å². The normalized spacial score (nSPS) is 18.6. The smallest absolute Gasteiger partial charge is 0.242 e. The van der Waals surface area contributed by atoms with E-state index in [4.69, 9.17) is 4.74 Å². The minimum Gasteiger partial charge on any atom is -0.494 e. The monoisotopic (exact) mass is 294 g/mol. The molecule has 1 aliphatic heterocycles. The number of ether oxygens (including phenoxy) is 1. The van der Waals surface area contributed by atoms with Gasteiger partial charge in [-0.05, 0) is 37.0 Å². The van der Waals surface area contributed by atoms with Crippen LogP contribution in [0.4, 0.5) is 4.39 Å². The Hall–Kier alpha value is -2.11. The number of methoxy groups -OCH3 is 1. The lowest BCUT2D eigenvalue weighted by Crippen LogP contribution is -2.45. The molecular weight excluding hydrogens is 275 g/mol. The van der Waals surface area contributed by atoms with Gasteiger partial charge in [0, 0.05) is 6.54 Å². The standard InChI is InChI=1S/C15H19FN2O3/c1-21-13-6-5-10(8-11(13)16)9-14(19)18-12-4-2-3-7-17-15(12)20/h5-6,8,12H,2-4,7,9H2,1H3,(H,17,20)(H,18,19). The average molecular weight is 294 g/mol. The first-order chi connectivity index (χ1) is 10.1. The number of hydrogen-bond acceptors (Lipinski definition) is 3. The second-order valence-corrected chi connectivity index (χ2v) is 5.05. The topological polar surface area (TPSA) is 67.4 Å². The molecule has 0 radical (unpaired) electrons. The van der Waals surface area contributed by atoms with Crippen molar-refractivity contribution in [1.82, 2.24) is 10.6 Å². The highest BCUT2D eigenvalue weighted by atomic mass is 19.1. The SMILES string of the molecule is COc1ccc(CC(=O)NC2CCCCNC2=O)cc1F. The van der Waals surface area contributed by atoms with Crippen molar-refractivity contribution in [1.29, 1.82) is 0 Å². The fourth-order valence-corrected chi connectivity index (χ4v) is 2.33. The zero-order chi connectivity index (χ0) is 15.2. The molecule has 6 heteroatoms. The van der Waals surface area contributed by atoms with E-state index in [1.807, 2.05) is 0 Å². The van der Waals surface area contributed by atoms with Gasteiger partial charge in [0.05, 0.1) is 13.5 Å². The van der Waals surface area contributed by atoms with Crippen LogP contribution >= 0.6 is 0 Å². The van der Waals surface area contributed by atoms with E-state index in [2.05, 4.69) is 10.6 Å². The predicted molar refractivity (Wildman–Crippen MR) is 75.4 cm³/mol. The average Bonchev–Trinajstić information content (AvgIpc) is 2.64. The molecule has 1 unspecified atom stereocenters. The zero-order valence-corrected chi connectivity index (χ0v) is 11.9. The van der Waals surface area contributed by atoms with E-state index in [9.17, 15) is 14.0 Å². The Kier molecular flexibility index (Phi) is 5.14. The third-order valence-corrected chi connectivity index (χ3v) is 3.45. The van der Waals surface area contributed by atoms with Crippen molar-refractivity contribution >= 4 is 11.8 Å². The van der Waals surface area contributed by atoms with Crippen LogP contribution < -0.4 is 15.4 Å². The maximum absolute atomic E-state index is 13.6. The Morgan fingerprint density at radius 1 is 1.48 bits per heavy atom. The van der Waals surface area contributed by atoms with E-state index in [0.29, 0.717) is 18.5 Å². The Bertz CT molecular complexity index is 534. The highest BCUT2D eigenvalue weighted by molar-refractivity contribution is 5.88. The van der Waals surface area contributed by atoms with Crippen LogP contribution in [0, 0.1) is 5.82 Å². The lowest BCUT2D eigenvalue weighted by Gasteiger charge is -2.15. The van der Waals surface area contributed by atoms with E-state index in [0.717, 1.165) is 12.8 Å². The summed E-state index contributed by atoms with van der Waals surface area (Å²) in [6, 6.07) is 3.89. The van der Waals surface area contributed by atoms with Crippen LogP contribution in [-0.4, -0.2) is 31.5 Å². The second-order valence-electron chi connectivity index (χ2n) is 5.05. The first-order valence-corrected chi connectivity index (χ1v) is 6.99. The van der Waals surface area contributed by atoms with Gasteiger partial charge in [-0.2, -0.15) is 0 Å². The summed E-state index contributed by atoms with van der Waals surface area (Å²) in [6.45, 7) is 0.648. The molecule has 0 spiro atoms. The van der Waals surface area contributed by atoms with Crippen molar-refractivity contribution in [2.45, 2.75) is 31.7 Å². The number of halogens is 1. The van der Waals surface area contributed by atoms with Gasteiger partial charge in [0.15, 0.2) is 11.6 Å². The number of carbonyl (C=O) groups is 2. The molecule has 1 aromatic carbocycles. The summed E-state index contributed by atoms with van der Waals surface area (Å²) in [5.41, 5.74) is 0.542. The number of hydrogen-bond donors (Lipinski definition) is 2.